The summed E-state index contributed by atoms with van der Waals surface area (Å²) in [5, 5.41) is 2.65. The van der Waals surface area contributed by atoms with E-state index in [1.54, 1.807) is 12.3 Å². The summed E-state index contributed by atoms with van der Waals surface area (Å²) in [5.74, 6) is -0.153. The third-order valence-electron chi connectivity index (χ3n) is 1.40. The Hall–Kier alpha value is -0.940. The highest BCUT2D eigenvalue weighted by molar-refractivity contribution is 9.10. The van der Waals surface area contributed by atoms with Crippen molar-refractivity contribution in [3.63, 3.8) is 0 Å². The maximum Gasteiger partial charge on any atom is 0.252 e. The van der Waals surface area contributed by atoms with E-state index in [1.165, 1.54) is 6.20 Å². The molecule has 0 bridgehead atoms. The zero-order valence-corrected chi connectivity index (χ0v) is 8.54. The maximum absolute atomic E-state index is 11.3. The minimum absolute atomic E-state index is 0.153. The molecule has 1 aromatic heterocycles. The van der Waals surface area contributed by atoms with Crippen LogP contribution in [0.2, 0.25) is 0 Å². The Kier molecular flexibility index (Phi) is 3.85. The number of hydrogen-bond donors (Lipinski definition) is 2. The van der Waals surface area contributed by atoms with E-state index in [2.05, 4.69) is 26.2 Å². The monoisotopic (exact) mass is 243 g/mol. The molecule has 0 aromatic carbocycles. The van der Waals surface area contributed by atoms with Crippen molar-refractivity contribution < 1.29 is 4.79 Å². The molecular formula is C8H10BrN3O. The topological polar surface area (TPSA) is 68.0 Å². The molecule has 0 spiro atoms. The van der Waals surface area contributed by atoms with Gasteiger partial charge in [-0.25, -0.2) is 0 Å². The molecule has 70 valence electrons. The molecule has 0 radical (unpaired) electrons. The van der Waals surface area contributed by atoms with Crippen LogP contribution in [0.5, 0.6) is 0 Å². The predicted octanol–water partition coefficient (Wildman–Crippen LogP) is 0.533. The van der Waals surface area contributed by atoms with Gasteiger partial charge in [-0.2, -0.15) is 0 Å². The minimum atomic E-state index is -0.153. The van der Waals surface area contributed by atoms with Gasteiger partial charge in [0.05, 0.1) is 5.56 Å². The third-order valence-corrected chi connectivity index (χ3v) is 1.83. The molecule has 0 aliphatic rings. The lowest BCUT2D eigenvalue weighted by Gasteiger charge is -2.02. The van der Waals surface area contributed by atoms with Gasteiger partial charge in [0.25, 0.3) is 5.91 Å². The number of aromatic nitrogens is 1. The van der Waals surface area contributed by atoms with Crippen LogP contribution in [0.15, 0.2) is 22.9 Å². The minimum Gasteiger partial charge on any atom is -0.351 e. The Bertz CT molecular complexity index is 303. The summed E-state index contributed by atoms with van der Waals surface area (Å²) in [6.07, 6.45) is 3.14. The molecule has 1 heterocycles. The second-order valence-electron chi connectivity index (χ2n) is 2.44. The van der Waals surface area contributed by atoms with E-state index >= 15 is 0 Å². The second kappa shape index (κ2) is 4.94. The number of nitrogens with two attached hydrogens (primary N) is 1. The van der Waals surface area contributed by atoms with Crippen LogP contribution in [0, 0.1) is 0 Å². The number of halogens is 1. The summed E-state index contributed by atoms with van der Waals surface area (Å²) in [6, 6.07) is 1.71. The van der Waals surface area contributed by atoms with Crippen molar-refractivity contribution in [3.8, 4) is 0 Å². The molecule has 1 rings (SSSR count). The SMILES string of the molecule is NCCNC(=O)c1cncc(Br)c1. The van der Waals surface area contributed by atoms with Crippen LogP contribution in [0.4, 0.5) is 0 Å². The van der Waals surface area contributed by atoms with Gasteiger partial charge >= 0.3 is 0 Å². The molecule has 0 saturated carbocycles. The fourth-order valence-corrected chi connectivity index (χ4v) is 1.19. The maximum atomic E-state index is 11.3. The van der Waals surface area contributed by atoms with Crippen LogP contribution in [-0.4, -0.2) is 24.0 Å². The molecule has 1 aromatic rings. The summed E-state index contributed by atoms with van der Waals surface area (Å²) >= 11 is 3.23. The molecule has 3 N–H and O–H groups in total. The van der Waals surface area contributed by atoms with Gasteiger partial charge in [0.15, 0.2) is 0 Å². The van der Waals surface area contributed by atoms with Gasteiger partial charge in [-0.3, -0.25) is 9.78 Å². The first-order chi connectivity index (χ1) is 6.24. The molecule has 0 atom stereocenters. The molecule has 4 nitrogen and oxygen atoms in total. The number of nitrogens with one attached hydrogen (secondary N) is 1. The number of pyridine rings is 1. The van der Waals surface area contributed by atoms with Gasteiger partial charge in [0, 0.05) is 30.0 Å². The number of hydrogen-bond acceptors (Lipinski definition) is 3. The van der Waals surface area contributed by atoms with Crippen LogP contribution in [0.3, 0.4) is 0 Å². The van der Waals surface area contributed by atoms with Gasteiger partial charge < -0.3 is 11.1 Å². The highest BCUT2D eigenvalue weighted by atomic mass is 79.9. The van der Waals surface area contributed by atoms with Crippen LogP contribution in [-0.2, 0) is 0 Å². The molecule has 0 aliphatic carbocycles. The Morgan fingerprint density at radius 3 is 3.00 bits per heavy atom. The van der Waals surface area contributed by atoms with Gasteiger partial charge in [-0.15, -0.1) is 0 Å². The highest BCUT2D eigenvalue weighted by Crippen LogP contribution is 2.08. The summed E-state index contributed by atoms with van der Waals surface area (Å²) in [5.41, 5.74) is 5.78. The van der Waals surface area contributed by atoms with E-state index in [0.717, 1.165) is 4.47 Å². The number of carbonyl (C=O) groups excluding carboxylic acids is 1. The summed E-state index contributed by atoms with van der Waals surface area (Å²) < 4.78 is 0.785. The molecule has 5 heteroatoms. The Labute approximate surface area is 84.7 Å². The van der Waals surface area contributed by atoms with E-state index in [4.69, 9.17) is 5.73 Å². The number of nitrogens with zero attached hydrogens (tertiary/aromatic N) is 1. The Morgan fingerprint density at radius 2 is 2.38 bits per heavy atom. The lowest BCUT2D eigenvalue weighted by molar-refractivity contribution is 0.0954. The smallest absolute Gasteiger partial charge is 0.252 e. The molecule has 1 amide bonds. The van der Waals surface area contributed by atoms with Gasteiger partial charge in [0.2, 0.25) is 0 Å². The summed E-state index contributed by atoms with van der Waals surface area (Å²) in [6.45, 7) is 0.915. The molecular weight excluding hydrogens is 234 g/mol. The molecule has 0 aliphatic heterocycles. The van der Waals surface area contributed by atoms with Crippen LogP contribution in [0.1, 0.15) is 10.4 Å². The highest BCUT2D eigenvalue weighted by Gasteiger charge is 2.04. The van der Waals surface area contributed by atoms with Crippen LogP contribution >= 0.6 is 15.9 Å². The second-order valence-corrected chi connectivity index (χ2v) is 3.35. The van der Waals surface area contributed by atoms with Gasteiger partial charge in [-0.05, 0) is 22.0 Å². The van der Waals surface area contributed by atoms with E-state index in [9.17, 15) is 4.79 Å². The Balaban J connectivity index is 2.66. The average molecular weight is 244 g/mol. The van der Waals surface area contributed by atoms with Crippen molar-refractivity contribution in [1.82, 2.24) is 10.3 Å². The number of amides is 1. The van der Waals surface area contributed by atoms with Gasteiger partial charge in [0.1, 0.15) is 0 Å². The zero-order chi connectivity index (χ0) is 9.68. The predicted molar refractivity (Wildman–Crippen MR) is 53.3 cm³/mol. The zero-order valence-electron chi connectivity index (χ0n) is 6.96. The normalized spacial score (nSPS) is 9.69. The lowest BCUT2D eigenvalue weighted by Crippen LogP contribution is -2.29. The van der Waals surface area contributed by atoms with E-state index in [-0.39, 0.29) is 5.91 Å². The van der Waals surface area contributed by atoms with Crippen molar-refractivity contribution in [2.24, 2.45) is 5.73 Å². The van der Waals surface area contributed by atoms with Crippen molar-refractivity contribution in [3.05, 3.63) is 28.5 Å². The standard InChI is InChI=1S/C8H10BrN3O/c9-7-3-6(4-11-5-7)8(13)12-2-1-10/h3-5H,1-2,10H2,(H,12,13). The number of rotatable bonds is 3. The van der Waals surface area contributed by atoms with E-state index < -0.39 is 0 Å². The van der Waals surface area contributed by atoms with Crippen molar-refractivity contribution in [2.75, 3.05) is 13.1 Å². The van der Waals surface area contributed by atoms with E-state index in [1.807, 2.05) is 0 Å². The average Bonchev–Trinajstić information content (AvgIpc) is 2.14. The first-order valence-corrected chi connectivity index (χ1v) is 4.62. The molecule has 0 unspecified atom stereocenters. The third kappa shape index (κ3) is 3.12. The summed E-state index contributed by atoms with van der Waals surface area (Å²) in [4.78, 5) is 15.2. The van der Waals surface area contributed by atoms with Gasteiger partial charge in [-0.1, -0.05) is 0 Å². The molecule has 0 saturated heterocycles. The van der Waals surface area contributed by atoms with Crippen molar-refractivity contribution in [1.29, 1.82) is 0 Å². The number of carbonyl (C=O) groups is 1. The van der Waals surface area contributed by atoms with Crippen LogP contribution < -0.4 is 11.1 Å². The molecule has 0 fully saturated rings. The first-order valence-electron chi connectivity index (χ1n) is 3.83. The van der Waals surface area contributed by atoms with E-state index in [0.29, 0.717) is 18.7 Å². The molecule has 13 heavy (non-hydrogen) atoms. The fourth-order valence-electron chi connectivity index (χ4n) is 0.824. The van der Waals surface area contributed by atoms with Crippen molar-refractivity contribution >= 4 is 21.8 Å². The van der Waals surface area contributed by atoms with Crippen molar-refractivity contribution in [2.45, 2.75) is 0 Å². The van der Waals surface area contributed by atoms with Crippen LogP contribution in [0.25, 0.3) is 0 Å². The Morgan fingerprint density at radius 1 is 1.62 bits per heavy atom. The first kappa shape index (κ1) is 10.1. The lowest BCUT2D eigenvalue weighted by atomic mass is 10.3. The fraction of sp³-hybridized carbons (Fsp3) is 0.250. The quantitative estimate of drug-likeness (QED) is 0.815. The summed E-state index contributed by atoms with van der Waals surface area (Å²) in [7, 11) is 0. The largest absolute Gasteiger partial charge is 0.351 e.